The van der Waals surface area contributed by atoms with Gasteiger partial charge in [0.05, 0.1) is 27.2 Å². The number of unbranched alkanes of at least 4 members (excludes halogenated alkanes) is 6. The van der Waals surface area contributed by atoms with E-state index >= 15 is 0 Å². The Morgan fingerprint density at radius 2 is 1.35 bits per heavy atom. The van der Waals surface area contributed by atoms with Gasteiger partial charge in [-0.25, -0.2) is 0 Å². The van der Waals surface area contributed by atoms with Crippen LogP contribution in [-0.2, 0) is 0 Å². The number of allylic oxidation sites excluding steroid dienone is 2. The van der Waals surface area contributed by atoms with Gasteiger partial charge in [0.25, 0.3) is 0 Å². The van der Waals surface area contributed by atoms with Crippen molar-refractivity contribution >= 4 is 0 Å². The molecule has 0 fully saturated rings. The van der Waals surface area contributed by atoms with E-state index in [1.54, 1.807) is 0 Å². The van der Waals surface area contributed by atoms with Crippen LogP contribution in [0.1, 0.15) is 65.2 Å². The highest BCUT2D eigenvalue weighted by atomic mass is 15.3. The molecule has 0 heterocycles. The lowest BCUT2D eigenvalue weighted by molar-refractivity contribution is -0.888. The maximum absolute atomic E-state index is 2.39. The topological polar surface area (TPSA) is 0 Å². The standard InChI is InChI=1S/C16H34N/c1-5-7-8-9-10-11-12-13-14-15-16-17(3,4)6-2/h12-13H,5-11,14-16H2,1-4H3/q+1/b13-12-. The molecular formula is C16H34N+. The SMILES string of the molecule is CCCCCCC/C=C\CCC[N+](C)(C)CC. The van der Waals surface area contributed by atoms with Crippen molar-refractivity contribution in [2.24, 2.45) is 0 Å². The Hall–Kier alpha value is -0.300. The van der Waals surface area contributed by atoms with E-state index < -0.39 is 0 Å². The lowest BCUT2D eigenvalue weighted by atomic mass is 10.1. The summed E-state index contributed by atoms with van der Waals surface area (Å²) in [6.45, 7) is 7.08. The van der Waals surface area contributed by atoms with Crippen molar-refractivity contribution in [3.63, 3.8) is 0 Å². The fourth-order valence-corrected chi connectivity index (χ4v) is 1.90. The van der Waals surface area contributed by atoms with Gasteiger partial charge in [-0.3, -0.25) is 0 Å². The maximum Gasteiger partial charge on any atom is 0.0785 e. The van der Waals surface area contributed by atoms with Gasteiger partial charge >= 0.3 is 0 Å². The summed E-state index contributed by atoms with van der Waals surface area (Å²) in [7, 11) is 4.63. The monoisotopic (exact) mass is 240 g/mol. The van der Waals surface area contributed by atoms with E-state index in [-0.39, 0.29) is 0 Å². The molecule has 0 saturated heterocycles. The molecular weight excluding hydrogens is 206 g/mol. The zero-order chi connectivity index (χ0) is 13.0. The van der Waals surface area contributed by atoms with E-state index in [1.165, 1.54) is 64.5 Å². The van der Waals surface area contributed by atoms with Crippen LogP contribution in [0.4, 0.5) is 0 Å². The Kier molecular flexibility index (Phi) is 10.6. The summed E-state index contributed by atoms with van der Waals surface area (Å²) >= 11 is 0. The van der Waals surface area contributed by atoms with Crippen molar-refractivity contribution in [1.82, 2.24) is 0 Å². The lowest BCUT2D eigenvalue weighted by Gasteiger charge is -2.27. The minimum Gasteiger partial charge on any atom is -0.329 e. The minimum absolute atomic E-state index is 1.16. The molecule has 0 radical (unpaired) electrons. The molecule has 102 valence electrons. The molecule has 0 aliphatic heterocycles. The van der Waals surface area contributed by atoms with Crippen molar-refractivity contribution in [2.45, 2.75) is 65.2 Å². The van der Waals surface area contributed by atoms with Crippen molar-refractivity contribution in [3.05, 3.63) is 12.2 Å². The molecule has 0 aliphatic rings. The second-order valence-electron chi connectivity index (χ2n) is 5.79. The first-order chi connectivity index (χ1) is 8.12. The summed E-state index contributed by atoms with van der Waals surface area (Å²) in [5, 5.41) is 0. The van der Waals surface area contributed by atoms with Crippen LogP contribution in [0.5, 0.6) is 0 Å². The molecule has 0 rings (SSSR count). The first-order valence-corrected chi connectivity index (χ1v) is 7.59. The summed E-state index contributed by atoms with van der Waals surface area (Å²) in [4.78, 5) is 0. The molecule has 0 amide bonds. The molecule has 0 aromatic rings. The lowest BCUT2D eigenvalue weighted by Crippen LogP contribution is -2.39. The molecule has 0 aromatic heterocycles. The van der Waals surface area contributed by atoms with Crippen LogP contribution in [0.2, 0.25) is 0 Å². The van der Waals surface area contributed by atoms with Gasteiger partial charge in [-0.1, -0.05) is 44.8 Å². The summed E-state index contributed by atoms with van der Waals surface area (Å²) in [5.41, 5.74) is 0. The van der Waals surface area contributed by atoms with Crippen LogP contribution in [0.3, 0.4) is 0 Å². The number of hydrogen-bond acceptors (Lipinski definition) is 0. The maximum atomic E-state index is 2.39. The minimum atomic E-state index is 1.16. The molecule has 0 atom stereocenters. The summed E-state index contributed by atoms with van der Waals surface area (Å²) in [6.07, 6.45) is 15.6. The van der Waals surface area contributed by atoms with Crippen molar-refractivity contribution in [2.75, 3.05) is 27.2 Å². The average molecular weight is 240 g/mol. The van der Waals surface area contributed by atoms with E-state index in [4.69, 9.17) is 0 Å². The first-order valence-electron chi connectivity index (χ1n) is 7.59. The van der Waals surface area contributed by atoms with Gasteiger partial charge in [0.2, 0.25) is 0 Å². The predicted molar refractivity (Wildman–Crippen MR) is 79.3 cm³/mol. The van der Waals surface area contributed by atoms with Gasteiger partial charge in [-0.15, -0.1) is 0 Å². The van der Waals surface area contributed by atoms with Crippen LogP contribution in [0, 0.1) is 0 Å². The second kappa shape index (κ2) is 10.8. The highest BCUT2D eigenvalue weighted by Crippen LogP contribution is 2.06. The second-order valence-corrected chi connectivity index (χ2v) is 5.79. The van der Waals surface area contributed by atoms with Crippen molar-refractivity contribution in [3.8, 4) is 0 Å². The molecule has 1 heteroatoms. The van der Waals surface area contributed by atoms with Gasteiger partial charge in [0, 0.05) is 0 Å². The smallest absolute Gasteiger partial charge is 0.0785 e. The van der Waals surface area contributed by atoms with Gasteiger partial charge in [-0.05, 0) is 32.6 Å². The molecule has 1 nitrogen and oxygen atoms in total. The van der Waals surface area contributed by atoms with Crippen LogP contribution >= 0.6 is 0 Å². The van der Waals surface area contributed by atoms with E-state index in [0.717, 1.165) is 4.48 Å². The van der Waals surface area contributed by atoms with Gasteiger partial charge < -0.3 is 4.48 Å². The Morgan fingerprint density at radius 1 is 0.765 bits per heavy atom. The third kappa shape index (κ3) is 12.0. The Labute approximate surface area is 109 Å². The number of nitrogens with zero attached hydrogens (tertiary/aromatic N) is 1. The number of hydrogen-bond donors (Lipinski definition) is 0. The predicted octanol–water partition coefficient (Wildman–Crippen LogP) is 4.78. The molecule has 0 saturated carbocycles. The molecule has 0 unspecified atom stereocenters. The van der Waals surface area contributed by atoms with Crippen LogP contribution in [0.15, 0.2) is 12.2 Å². The number of rotatable bonds is 11. The van der Waals surface area contributed by atoms with Gasteiger partial charge in [0.15, 0.2) is 0 Å². The summed E-state index contributed by atoms with van der Waals surface area (Å²) in [5.74, 6) is 0. The largest absolute Gasteiger partial charge is 0.329 e. The molecule has 0 aliphatic carbocycles. The molecule has 0 bridgehead atoms. The van der Waals surface area contributed by atoms with E-state index in [0.29, 0.717) is 0 Å². The van der Waals surface area contributed by atoms with Crippen LogP contribution in [0.25, 0.3) is 0 Å². The molecule has 17 heavy (non-hydrogen) atoms. The highest BCUT2D eigenvalue weighted by molar-refractivity contribution is 4.81. The zero-order valence-corrected chi connectivity index (χ0v) is 12.7. The number of quaternary nitrogens is 1. The third-order valence-electron chi connectivity index (χ3n) is 3.63. The summed E-state index contributed by atoms with van der Waals surface area (Å²) < 4.78 is 1.16. The summed E-state index contributed by atoms with van der Waals surface area (Å²) in [6, 6.07) is 0. The molecule has 0 N–H and O–H groups in total. The first kappa shape index (κ1) is 16.7. The van der Waals surface area contributed by atoms with Gasteiger partial charge in [-0.2, -0.15) is 0 Å². The van der Waals surface area contributed by atoms with E-state index in [2.05, 4.69) is 40.1 Å². The molecule has 0 spiro atoms. The zero-order valence-electron chi connectivity index (χ0n) is 12.7. The normalized spacial score (nSPS) is 12.5. The highest BCUT2D eigenvalue weighted by Gasteiger charge is 2.09. The Morgan fingerprint density at radius 3 is 1.94 bits per heavy atom. The fourth-order valence-electron chi connectivity index (χ4n) is 1.90. The van der Waals surface area contributed by atoms with Crippen molar-refractivity contribution in [1.29, 1.82) is 0 Å². The van der Waals surface area contributed by atoms with Crippen molar-refractivity contribution < 1.29 is 4.48 Å². The molecule has 0 aromatic carbocycles. The van der Waals surface area contributed by atoms with Gasteiger partial charge in [0.1, 0.15) is 0 Å². The Bertz CT molecular complexity index is 182. The third-order valence-corrected chi connectivity index (χ3v) is 3.63. The van der Waals surface area contributed by atoms with Crippen LogP contribution in [-0.4, -0.2) is 31.7 Å². The Balaban J connectivity index is 3.26. The van der Waals surface area contributed by atoms with E-state index in [1.807, 2.05) is 0 Å². The van der Waals surface area contributed by atoms with Crippen LogP contribution < -0.4 is 0 Å². The average Bonchev–Trinajstić information content (AvgIpc) is 2.31. The quantitative estimate of drug-likeness (QED) is 0.277. The van der Waals surface area contributed by atoms with E-state index in [9.17, 15) is 0 Å². The fraction of sp³-hybridized carbons (Fsp3) is 0.875.